The van der Waals surface area contributed by atoms with E-state index in [1.807, 2.05) is 91.0 Å². The molecule has 0 aliphatic carbocycles. The van der Waals surface area contributed by atoms with E-state index < -0.39 is 18.3 Å². The van der Waals surface area contributed by atoms with Crippen LogP contribution in [0.3, 0.4) is 0 Å². The zero-order valence-corrected chi connectivity index (χ0v) is 20.8. The summed E-state index contributed by atoms with van der Waals surface area (Å²) in [4.78, 5) is 0. The molecule has 178 valence electrons. The second-order valence-corrected chi connectivity index (χ2v) is 8.65. The second-order valence-electron chi connectivity index (χ2n) is 7.77. The summed E-state index contributed by atoms with van der Waals surface area (Å²) < 4.78 is 25.0. The van der Waals surface area contributed by atoms with Crippen molar-refractivity contribution in [2.75, 3.05) is 6.61 Å². The van der Waals surface area contributed by atoms with Crippen molar-refractivity contribution < 1.29 is 18.9 Å². The van der Waals surface area contributed by atoms with Gasteiger partial charge < -0.3 is 18.9 Å². The fraction of sp³-hybridized carbons (Fsp3) is 0.241. The highest BCUT2D eigenvalue weighted by molar-refractivity contribution is 9.11. The fourth-order valence-electron chi connectivity index (χ4n) is 3.47. The summed E-state index contributed by atoms with van der Waals surface area (Å²) in [5, 5.41) is 0. The molecule has 0 aliphatic heterocycles. The van der Waals surface area contributed by atoms with Crippen molar-refractivity contribution in [3.05, 3.63) is 132 Å². The fourth-order valence-corrected chi connectivity index (χ4v) is 3.71. The summed E-state index contributed by atoms with van der Waals surface area (Å²) in [5.41, 5.74) is 3.21. The molecular formula is C29H31BrO4. The van der Waals surface area contributed by atoms with Gasteiger partial charge in [0.2, 0.25) is 0 Å². The molecule has 0 aromatic heterocycles. The molecule has 0 heterocycles. The number of hydrogen-bond acceptors (Lipinski definition) is 4. The van der Waals surface area contributed by atoms with E-state index in [9.17, 15) is 0 Å². The van der Waals surface area contributed by atoms with E-state index in [-0.39, 0.29) is 6.61 Å². The molecule has 0 saturated heterocycles. The van der Waals surface area contributed by atoms with Gasteiger partial charge in [-0.3, -0.25) is 0 Å². The van der Waals surface area contributed by atoms with Gasteiger partial charge in [-0.2, -0.15) is 0 Å². The van der Waals surface area contributed by atoms with Crippen LogP contribution in [0.5, 0.6) is 0 Å². The van der Waals surface area contributed by atoms with E-state index in [1.165, 1.54) is 0 Å². The minimum Gasteiger partial charge on any atom is -0.479 e. The summed E-state index contributed by atoms with van der Waals surface area (Å²) in [6.45, 7) is 9.44. The maximum Gasteiger partial charge on any atom is 0.155 e. The third kappa shape index (κ3) is 8.92. The quantitative estimate of drug-likeness (QED) is 0.162. The van der Waals surface area contributed by atoms with Gasteiger partial charge in [0.1, 0.15) is 12.2 Å². The van der Waals surface area contributed by atoms with Gasteiger partial charge in [-0.15, -0.1) is 6.58 Å². The van der Waals surface area contributed by atoms with Crippen molar-refractivity contribution in [3.63, 3.8) is 0 Å². The molecule has 0 bridgehead atoms. The van der Waals surface area contributed by atoms with Crippen LogP contribution in [0.15, 0.2) is 115 Å². The van der Waals surface area contributed by atoms with Crippen molar-refractivity contribution in [2.24, 2.45) is 0 Å². The SMILES string of the molecule is C=C[C@@H](OCc1ccccc1)[C@H](OCc1ccccc1)[C@@H](COCc1ccccc1)OC(=C)Br. The first kappa shape index (κ1) is 25.9. The van der Waals surface area contributed by atoms with Gasteiger partial charge in [-0.1, -0.05) is 97.1 Å². The monoisotopic (exact) mass is 522 g/mol. The van der Waals surface area contributed by atoms with E-state index in [2.05, 4.69) is 29.1 Å². The first-order valence-electron chi connectivity index (χ1n) is 11.2. The molecule has 34 heavy (non-hydrogen) atoms. The molecule has 3 aromatic carbocycles. The molecule has 0 spiro atoms. The molecule has 0 unspecified atom stereocenters. The summed E-state index contributed by atoms with van der Waals surface area (Å²) in [6, 6.07) is 30.0. The van der Waals surface area contributed by atoms with E-state index in [0.29, 0.717) is 24.5 Å². The van der Waals surface area contributed by atoms with Gasteiger partial charge in [0.15, 0.2) is 10.8 Å². The molecule has 3 atom stereocenters. The van der Waals surface area contributed by atoms with E-state index in [4.69, 9.17) is 18.9 Å². The van der Waals surface area contributed by atoms with Gasteiger partial charge in [-0.25, -0.2) is 0 Å². The third-order valence-corrected chi connectivity index (χ3v) is 5.35. The normalized spacial score (nSPS) is 13.6. The molecule has 0 N–H and O–H groups in total. The Bertz CT molecular complexity index is 979. The Kier molecular flexibility index (Phi) is 11.1. The highest BCUT2D eigenvalue weighted by atomic mass is 79.9. The number of benzene rings is 3. The Morgan fingerprint density at radius 3 is 1.68 bits per heavy atom. The summed E-state index contributed by atoms with van der Waals surface area (Å²) in [7, 11) is 0. The molecule has 0 radical (unpaired) electrons. The Hall–Kier alpha value is -2.70. The first-order chi connectivity index (χ1) is 16.7. The van der Waals surface area contributed by atoms with Crippen molar-refractivity contribution in [3.8, 4) is 0 Å². The minimum atomic E-state index is -0.480. The van der Waals surface area contributed by atoms with Crippen LogP contribution in [0.4, 0.5) is 0 Å². The molecule has 0 saturated carbocycles. The van der Waals surface area contributed by atoms with Crippen LogP contribution in [0.2, 0.25) is 0 Å². The maximum atomic E-state index is 6.37. The zero-order chi connectivity index (χ0) is 24.0. The van der Waals surface area contributed by atoms with Gasteiger partial charge in [-0.05, 0) is 39.2 Å². The number of ether oxygens (including phenoxy) is 4. The number of rotatable bonds is 15. The maximum absolute atomic E-state index is 6.37. The average Bonchev–Trinajstić information content (AvgIpc) is 2.87. The van der Waals surface area contributed by atoms with Gasteiger partial charge in [0, 0.05) is 0 Å². The lowest BCUT2D eigenvalue weighted by molar-refractivity contribution is -0.137. The molecule has 0 fully saturated rings. The van der Waals surface area contributed by atoms with Crippen molar-refractivity contribution in [2.45, 2.75) is 38.1 Å². The molecule has 3 rings (SSSR count). The standard InChI is InChI=1S/C29H31BrO4/c1-3-27(32-20-25-15-9-5-10-16-25)29(33-21-26-17-11-6-12-18-26)28(34-23(2)30)22-31-19-24-13-7-4-8-14-24/h3-18,27-29H,1-2,19-22H2/t27-,28-,29+/m1/s1. The predicted octanol–water partition coefficient (Wildman–Crippen LogP) is 6.81. The Balaban J connectivity index is 1.74. The van der Waals surface area contributed by atoms with E-state index in [0.717, 1.165) is 16.7 Å². The van der Waals surface area contributed by atoms with Crippen molar-refractivity contribution in [1.29, 1.82) is 0 Å². The number of halogens is 1. The number of hydrogen-bond donors (Lipinski definition) is 0. The predicted molar refractivity (Wildman–Crippen MR) is 139 cm³/mol. The summed E-state index contributed by atoms with van der Waals surface area (Å²) in [5.74, 6) is 0. The Morgan fingerprint density at radius 1 is 0.735 bits per heavy atom. The third-order valence-electron chi connectivity index (χ3n) is 5.17. The van der Waals surface area contributed by atoms with Crippen LogP contribution in [-0.4, -0.2) is 24.9 Å². The van der Waals surface area contributed by atoms with Crippen molar-refractivity contribution in [1.82, 2.24) is 0 Å². The molecule has 0 amide bonds. The first-order valence-corrected chi connectivity index (χ1v) is 12.0. The smallest absolute Gasteiger partial charge is 0.155 e. The summed E-state index contributed by atoms with van der Waals surface area (Å²) in [6.07, 6.45) is 0.369. The molecule has 3 aromatic rings. The lowest BCUT2D eigenvalue weighted by atomic mass is 10.1. The van der Waals surface area contributed by atoms with Crippen molar-refractivity contribution >= 4 is 15.9 Å². The van der Waals surface area contributed by atoms with Crippen LogP contribution < -0.4 is 0 Å². The second kappa shape index (κ2) is 14.5. The zero-order valence-electron chi connectivity index (χ0n) is 19.2. The van der Waals surface area contributed by atoms with E-state index in [1.54, 1.807) is 6.08 Å². The molecule has 4 nitrogen and oxygen atoms in total. The largest absolute Gasteiger partial charge is 0.479 e. The van der Waals surface area contributed by atoms with Crippen LogP contribution in [0.1, 0.15) is 16.7 Å². The minimum absolute atomic E-state index is 0.290. The average molecular weight is 523 g/mol. The Labute approximate surface area is 211 Å². The Morgan fingerprint density at radius 2 is 1.21 bits per heavy atom. The lowest BCUT2D eigenvalue weighted by Crippen LogP contribution is -2.44. The highest BCUT2D eigenvalue weighted by Crippen LogP contribution is 2.21. The van der Waals surface area contributed by atoms with Crippen LogP contribution in [-0.2, 0) is 38.8 Å². The molecule has 0 aliphatic rings. The highest BCUT2D eigenvalue weighted by Gasteiger charge is 2.32. The topological polar surface area (TPSA) is 36.9 Å². The van der Waals surface area contributed by atoms with Crippen LogP contribution >= 0.6 is 15.9 Å². The lowest BCUT2D eigenvalue weighted by Gasteiger charge is -2.32. The van der Waals surface area contributed by atoms with E-state index >= 15 is 0 Å². The molecule has 5 heteroatoms. The van der Waals surface area contributed by atoms with Gasteiger partial charge in [0.05, 0.1) is 26.4 Å². The van der Waals surface area contributed by atoms with Crippen LogP contribution in [0, 0.1) is 0 Å². The summed E-state index contributed by atoms with van der Waals surface area (Å²) >= 11 is 3.33. The van der Waals surface area contributed by atoms with Crippen LogP contribution in [0.25, 0.3) is 0 Å². The van der Waals surface area contributed by atoms with Gasteiger partial charge >= 0.3 is 0 Å². The van der Waals surface area contributed by atoms with Gasteiger partial charge in [0.25, 0.3) is 0 Å². The molecular weight excluding hydrogens is 492 g/mol.